The Morgan fingerprint density at radius 3 is 2.32 bits per heavy atom. The van der Waals surface area contributed by atoms with Gasteiger partial charge < -0.3 is 10.3 Å². The lowest BCUT2D eigenvalue weighted by molar-refractivity contribution is 0.0991. The van der Waals surface area contributed by atoms with Gasteiger partial charge in [0.15, 0.2) is 0 Å². The van der Waals surface area contributed by atoms with E-state index in [9.17, 15) is 4.79 Å². The van der Waals surface area contributed by atoms with Gasteiger partial charge in [-0.25, -0.2) is 4.98 Å². The first-order chi connectivity index (χ1) is 10.3. The summed E-state index contributed by atoms with van der Waals surface area (Å²) >= 11 is 18.5. The molecule has 1 heterocycles. The van der Waals surface area contributed by atoms with Gasteiger partial charge in [-0.2, -0.15) is 0 Å². The number of halogens is 3. The van der Waals surface area contributed by atoms with Crippen molar-refractivity contribution in [1.82, 2.24) is 9.55 Å². The second kappa shape index (κ2) is 6.49. The lowest BCUT2D eigenvalue weighted by atomic mass is 10.0. The van der Waals surface area contributed by atoms with Crippen molar-refractivity contribution >= 4 is 40.7 Å². The third-order valence-corrected chi connectivity index (χ3v) is 4.48. The molecule has 22 heavy (non-hydrogen) atoms. The minimum Gasteiger partial charge on any atom is -0.364 e. The molecule has 4 nitrogen and oxygen atoms in total. The molecule has 2 N–H and O–H groups in total. The van der Waals surface area contributed by atoms with Crippen molar-refractivity contribution in [2.24, 2.45) is 12.8 Å². The van der Waals surface area contributed by atoms with Crippen molar-refractivity contribution in [1.29, 1.82) is 0 Å². The summed E-state index contributed by atoms with van der Waals surface area (Å²) in [6, 6.07) is 3.18. The van der Waals surface area contributed by atoms with Crippen LogP contribution in [0.15, 0.2) is 12.1 Å². The maximum Gasteiger partial charge on any atom is 0.267 e. The number of hydrogen-bond acceptors (Lipinski definition) is 2. The Morgan fingerprint density at radius 2 is 1.86 bits per heavy atom. The average molecular weight is 361 g/mol. The Kier molecular flexibility index (Phi) is 5.05. The minimum atomic E-state index is -0.530. The fourth-order valence-corrected chi connectivity index (χ4v) is 3.31. The van der Waals surface area contributed by atoms with Crippen molar-refractivity contribution in [2.45, 2.75) is 26.2 Å². The highest BCUT2D eigenvalue weighted by Crippen LogP contribution is 2.38. The van der Waals surface area contributed by atoms with Gasteiger partial charge >= 0.3 is 0 Å². The van der Waals surface area contributed by atoms with E-state index in [2.05, 4.69) is 4.98 Å². The monoisotopic (exact) mass is 359 g/mol. The number of aromatic nitrogens is 2. The third kappa shape index (κ3) is 2.96. The van der Waals surface area contributed by atoms with Crippen LogP contribution in [-0.4, -0.2) is 15.5 Å². The van der Waals surface area contributed by atoms with Gasteiger partial charge in [0.2, 0.25) is 0 Å². The summed E-state index contributed by atoms with van der Waals surface area (Å²) in [5.74, 6) is 0.0563. The van der Waals surface area contributed by atoms with Crippen LogP contribution in [0, 0.1) is 0 Å². The fraction of sp³-hybridized carbons (Fsp3) is 0.333. The lowest BCUT2D eigenvalue weighted by Gasteiger charge is -2.09. The molecular weight excluding hydrogens is 345 g/mol. The molecule has 1 unspecified atom stereocenters. The van der Waals surface area contributed by atoms with Crippen LogP contribution in [0.2, 0.25) is 15.1 Å². The summed E-state index contributed by atoms with van der Waals surface area (Å²) in [6.07, 6.45) is 0.832. The van der Waals surface area contributed by atoms with Gasteiger partial charge in [-0.3, -0.25) is 4.79 Å². The molecule has 0 aliphatic heterocycles. The molecular formula is C15H16Cl3N3O. The second-order valence-electron chi connectivity index (χ2n) is 5.15. The van der Waals surface area contributed by atoms with Gasteiger partial charge in [-0.05, 0) is 18.6 Å². The van der Waals surface area contributed by atoms with Crippen LogP contribution in [0.3, 0.4) is 0 Å². The summed E-state index contributed by atoms with van der Waals surface area (Å²) in [5.41, 5.74) is 7.06. The van der Waals surface area contributed by atoms with E-state index < -0.39 is 5.91 Å². The summed E-state index contributed by atoms with van der Waals surface area (Å²) in [7, 11) is 1.72. The van der Waals surface area contributed by atoms with Crippen LogP contribution >= 0.6 is 34.8 Å². The molecule has 0 saturated carbocycles. The number of primary amides is 1. The Morgan fingerprint density at radius 1 is 1.32 bits per heavy atom. The van der Waals surface area contributed by atoms with Crippen molar-refractivity contribution in [3.63, 3.8) is 0 Å². The maximum atomic E-state index is 11.8. The van der Waals surface area contributed by atoms with E-state index in [1.165, 1.54) is 0 Å². The molecule has 0 bridgehead atoms. The van der Waals surface area contributed by atoms with E-state index in [0.717, 1.165) is 6.42 Å². The number of rotatable bonds is 4. The maximum absolute atomic E-state index is 11.8. The van der Waals surface area contributed by atoms with E-state index in [1.54, 1.807) is 23.7 Å². The summed E-state index contributed by atoms with van der Waals surface area (Å²) < 4.78 is 1.63. The third-order valence-electron chi connectivity index (χ3n) is 3.67. The highest BCUT2D eigenvalue weighted by molar-refractivity contribution is 6.41. The number of imidazole rings is 1. The van der Waals surface area contributed by atoms with Crippen LogP contribution in [0.25, 0.3) is 11.4 Å². The molecule has 0 spiro atoms. The predicted molar refractivity (Wildman–Crippen MR) is 90.9 cm³/mol. The topological polar surface area (TPSA) is 60.9 Å². The molecule has 1 atom stereocenters. The SMILES string of the molecule is CCC(C)c1nc(-c2c(Cl)cc(Cl)cc2Cl)n(C)c1C(N)=O. The smallest absolute Gasteiger partial charge is 0.267 e. The molecule has 2 aromatic rings. The number of carbonyl (C=O) groups is 1. The molecule has 7 heteroatoms. The summed E-state index contributed by atoms with van der Waals surface area (Å²) in [5, 5.41) is 1.18. The minimum absolute atomic E-state index is 0.0901. The Hall–Kier alpha value is -1.23. The first kappa shape index (κ1) is 17.1. The number of nitrogens with two attached hydrogens (primary N) is 1. The van der Waals surface area contributed by atoms with Gasteiger partial charge in [-0.15, -0.1) is 0 Å². The molecule has 0 saturated heterocycles. The zero-order valence-electron chi connectivity index (χ0n) is 12.5. The number of amides is 1. The van der Waals surface area contributed by atoms with E-state index in [-0.39, 0.29) is 5.92 Å². The highest BCUT2D eigenvalue weighted by atomic mass is 35.5. The molecule has 0 aliphatic rings. The normalized spacial score (nSPS) is 12.5. The van der Waals surface area contributed by atoms with Crippen LogP contribution < -0.4 is 5.73 Å². The van der Waals surface area contributed by atoms with Crippen LogP contribution in [0.1, 0.15) is 42.4 Å². The standard InChI is InChI=1S/C15H16Cl3N3O/c1-4-7(2)12-13(14(19)22)21(3)15(20-12)11-9(17)5-8(16)6-10(11)18/h5-7H,4H2,1-3H3,(H2,19,22). The predicted octanol–water partition coefficient (Wildman–Crippen LogP) is 4.66. The Balaban J connectivity index is 2.75. The average Bonchev–Trinajstić information content (AvgIpc) is 2.75. The Bertz CT molecular complexity index is 717. The number of benzene rings is 1. The first-order valence-electron chi connectivity index (χ1n) is 6.79. The van der Waals surface area contributed by atoms with Crippen LogP contribution in [0.5, 0.6) is 0 Å². The molecule has 1 aromatic carbocycles. The molecule has 118 valence electrons. The van der Waals surface area contributed by atoms with Crippen molar-refractivity contribution in [2.75, 3.05) is 0 Å². The zero-order chi connectivity index (χ0) is 16.6. The molecule has 2 rings (SSSR count). The van der Waals surface area contributed by atoms with Crippen molar-refractivity contribution in [3.8, 4) is 11.4 Å². The molecule has 1 amide bonds. The largest absolute Gasteiger partial charge is 0.364 e. The van der Waals surface area contributed by atoms with E-state index in [4.69, 9.17) is 40.5 Å². The van der Waals surface area contributed by atoms with E-state index >= 15 is 0 Å². The molecule has 1 aromatic heterocycles. The zero-order valence-corrected chi connectivity index (χ0v) is 14.7. The quantitative estimate of drug-likeness (QED) is 0.862. The van der Waals surface area contributed by atoms with Gasteiger partial charge in [0.05, 0.1) is 21.3 Å². The van der Waals surface area contributed by atoms with E-state index in [1.807, 2.05) is 13.8 Å². The van der Waals surface area contributed by atoms with Gasteiger partial charge in [-0.1, -0.05) is 48.7 Å². The first-order valence-corrected chi connectivity index (χ1v) is 7.92. The van der Waals surface area contributed by atoms with Gasteiger partial charge in [0.1, 0.15) is 11.5 Å². The highest BCUT2D eigenvalue weighted by Gasteiger charge is 2.25. The van der Waals surface area contributed by atoms with Crippen molar-refractivity contribution < 1.29 is 4.79 Å². The second-order valence-corrected chi connectivity index (χ2v) is 6.40. The number of hydrogen-bond donors (Lipinski definition) is 1. The fourth-order valence-electron chi connectivity index (χ4n) is 2.33. The van der Waals surface area contributed by atoms with Crippen LogP contribution in [0.4, 0.5) is 0 Å². The lowest BCUT2D eigenvalue weighted by Crippen LogP contribution is -2.18. The summed E-state index contributed by atoms with van der Waals surface area (Å²) in [4.78, 5) is 16.4. The molecule has 0 radical (unpaired) electrons. The van der Waals surface area contributed by atoms with Crippen LogP contribution in [-0.2, 0) is 7.05 Å². The van der Waals surface area contributed by atoms with E-state index in [0.29, 0.717) is 37.8 Å². The van der Waals surface area contributed by atoms with Gasteiger partial charge in [0.25, 0.3) is 5.91 Å². The van der Waals surface area contributed by atoms with Crippen molar-refractivity contribution in [3.05, 3.63) is 38.6 Å². The molecule has 0 aliphatic carbocycles. The number of nitrogens with zero attached hydrogens (tertiary/aromatic N) is 2. The number of carbonyl (C=O) groups excluding carboxylic acids is 1. The van der Waals surface area contributed by atoms with Gasteiger partial charge in [0, 0.05) is 18.0 Å². The Labute approximate surface area is 144 Å². The molecule has 0 fully saturated rings. The summed E-state index contributed by atoms with van der Waals surface area (Å²) in [6.45, 7) is 4.01.